The molecule has 0 fully saturated rings. The topological polar surface area (TPSA) is 55.4 Å². The molecule has 0 saturated heterocycles. The highest BCUT2D eigenvalue weighted by atomic mass is 79.9. The zero-order chi connectivity index (χ0) is 13.4. The zero-order valence-electron chi connectivity index (χ0n) is 9.84. The molecule has 2 aromatic heterocycles. The number of hydrogen-bond donors (Lipinski definition) is 1. The standard InChI is InChI=1S/C14H10BrNO3/c15-11-8-16(12-4-2-1-3-10(11)12)7-9-5-6-19-13(9)14(17)18/h1-6,8H,7H2,(H,17,18). The van der Waals surface area contributed by atoms with Crippen LogP contribution in [0.25, 0.3) is 10.9 Å². The molecule has 4 nitrogen and oxygen atoms in total. The SMILES string of the molecule is O=C(O)c1occc1Cn1cc(Br)c2ccccc21. The number of nitrogens with zero attached hydrogens (tertiary/aromatic N) is 1. The van der Waals surface area contributed by atoms with Crippen molar-refractivity contribution in [2.75, 3.05) is 0 Å². The maximum atomic E-state index is 11.0. The van der Waals surface area contributed by atoms with Crippen molar-refractivity contribution >= 4 is 32.8 Å². The Morgan fingerprint density at radius 1 is 1.32 bits per heavy atom. The quantitative estimate of drug-likeness (QED) is 0.800. The molecule has 0 bridgehead atoms. The van der Waals surface area contributed by atoms with Crippen molar-refractivity contribution in [1.82, 2.24) is 4.57 Å². The lowest BCUT2D eigenvalue weighted by Crippen LogP contribution is -2.03. The van der Waals surface area contributed by atoms with Gasteiger partial charge in [-0.15, -0.1) is 0 Å². The molecular weight excluding hydrogens is 310 g/mol. The molecule has 2 heterocycles. The second-order valence-corrected chi connectivity index (χ2v) is 5.06. The van der Waals surface area contributed by atoms with Crippen molar-refractivity contribution in [2.24, 2.45) is 0 Å². The van der Waals surface area contributed by atoms with Crippen LogP contribution in [-0.2, 0) is 6.54 Å². The third-order valence-corrected chi connectivity index (χ3v) is 3.65. The van der Waals surface area contributed by atoms with E-state index < -0.39 is 5.97 Å². The Hall–Kier alpha value is -2.01. The van der Waals surface area contributed by atoms with E-state index >= 15 is 0 Å². The van der Waals surface area contributed by atoms with Crippen LogP contribution in [0, 0.1) is 0 Å². The summed E-state index contributed by atoms with van der Waals surface area (Å²) in [6.07, 6.45) is 3.35. The van der Waals surface area contributed by atoms with Crippen LogP contribution in [0.15, 0.2) is 51.7 Å². The Morgan fingerprint density at radius 2 is 2.11 bits per heavy atom. The third kappa shape index (κ3) is 2.06. The summed E-state index contributed by atoms with van der Waals surface area (Å²) < 4.78 is 7.98. The van der Waals surface area contributed by atoms with E-state index in [9.17, 15) is 4.79 Å². The van der Waals surface area contributed by atoms with Crippen LogP contribution in [-0.4, -0.2) is 15.6 Å². The fourth-order valence-electron chi connectivity index (χ4n) is 2.16. The van der Waals surface area contributed by atoms with Gasteiger partial charge in [-0.05, 0) is 28.1 Å². The zero-order valence-corrected chi connectivity index (χ0v) is 11.4. The highest BCUT2D eigenvalue weighted by Gasteiger charge is 2.15. The predicted octanol–water partition coefficient (Wildman–Crippen LogP) is 3.74. The van der Waals surface area contributed by atoms with E-state index in [0.29, 0.717) is 12.1 Å². The third-order valence-electron chi connectivity index (χ3n) is 3.02. The smallest absolute Gasteiger partial charge is 0.372 e. The Labute approximate surface area is 117 Å². The van der Waals surface area contributed by atoms with Gasteiger partial charge in [0.05, 0.1) is 12.8 Å². The first-order valence-electron chi connectivity index (χ1n) is 5.70. The molecule has 0 saturated carbocycles. The van der Waals surface area contributed by atoms with Gasteiger partial charge >= 0.3 is 5.97 Å². The molecule has 1 aromatic carbocycles. The molecule has 0 radical (unpaired) electrons. The molecule has 3 rings (SSSR count). The van der Waals surface area contributed by atoms with Crippen molar-refractivity contribution in [3.63, 3.8) is 0 Å². The summed E-state index contributed by atoms with van der Waals surface area (Å²) in [7, 11) is 0. The van der Waals surface area contributed by atoms with Gasteiger partial charge in [0.25, 0.3) is 0 Å². The molecule has 0 spiro atoms. The lowest BCUT2D eigenvalue weighted by molar-refractivity contribution is 0.0660. The summed E-state index contributed by atoms with van der Waals surface area (Å²) >= 11 is 3.51. The van der Waals surface area contributed by atoms with Crippen LogP contribution in [0.1, 0.15) is 16.1 Å². The molecule has 0 unspecified atom stereocenters. The van der Waals surface area contributed by atoms with Gasteiger partial charge in [-0.1, -0.05) is 18.2 Å². The molecule has 1 N–H and O–H groups in total. The first-order chi connectivity index (χ1) is 9.16. The first kappa shape index (κ1) is 12.0. The average molecular weight is 320 g/mol. The van der Waals surface area contributed by atoms with Gasteiger partial charge < -0.3 is 14.1 Å². The van der Waals surface area contributed by atoms with Crippen molar-refractivity contribution in [1.29, 1.82) is 0 Å². The van der Waals surface area contributed by atoms with Gasteiger partial charge in [0.15, 0.2) is 0 Å². The first-order valence-corrected chi connectivity index (χ1v) is 6.49. The summed E-state index contributed by atoms with van der Waals surface area (Å²) in [6.45, 7) is 0.463. The fraction of sp³-hybridized carbons (Fsp3) is 0.0714. The van der Waals surface area contributed by atoms with Crippen molar-refractivity contribution in [2.45, 2.75) is 6.54 Å². The lowest BCUT2D eigenvalue weighted by Gasteiger charge is -2.04. The highest BCUT2D eigenvalue weighted by molar-refractivity contribution is 9.10. The second kappa shape index (κ2) is 4.59. The molecule has 0 aliphatic heterocycles. The van der Waals surface area contributed by atoms with Gasteiger partial charge in [-0.25, -0.2) is 4.79 Å². The van der Waals surface area contributed by atoms with Crippen LogP contribution in [0.3, 0.4) is 0 Å². The Bertz CT molecular complexity index is 757. The van der Waals surface area contributed by atoms with E-state index in [1.54, 1.807) is 6.07 Å². The van der Waals surface area contributed by atoms with Crippen molar-refractivity contribution in [3.8, 4) is 0 Å². The summed E-state index contributed by atoms with van der Waals surface area (Å²) in [6, 6.07) is 9.63. The predicted molar refractivity (Wildman–Crippen MR) is 74.4 cm³/mol. The minimum absolute atomic E-state index is 0.00564. The van der Waals surface area contributed by atoms with Crippen LogP contribution in [0.4, 0.5) is 0 Å². The molecule has 3 aromatic rings. The normalized spacial score (nSPS) is 11.0. The van der Waals surface area contributed by atoms with E-state index in [1.165, 1.54) is 6.26 Å². The number of furan rings is 1. The van der Waals surface area contributed by atoms with E-state index in [1.807, 2.05) is 35.0 Å². The highest BCUT2D eigenvalue weighted by Crippen LogP contribution is 2.27. The minimum Gasteiger partial charge on any atom is -0.475 e. The van der Waals surface area contributed by atoms with Gasteiger partial charge in [-0.2, -0.15) is 0 Å². The maximum absolute atomic E-state index is 11.0. The number of aromatic carboxylic acids is 1. The Balaban J connectivity index is 2.06. The Morgan fingerprint density at radius 3 is 2.89 bits per heavy atom. The lowest BCUT2D eigenvalue weighted by atomic mass is 10.2. The number of carbonyl (C=O) groups is 1. The van der Waals surface area contributed by atoms with Crippen LogP contribution in [0.5, 0.6) is 0 Å². The molecule has 0 atom stereocenters. The van der Waals surface area contributed by atoms with Crippen LogP contribution < -0.4 is 0 Å². The number of halogens is 1. The van der Waals surface area contributed by atoms with E-state index in [0.717, 1.165) is 15.4 Å². The number of carboxylic acid groups (broad SMARTS) is 1. The van der Waals surface area contributed by atoms with Gasteiger partial charge in [0.1, 0.15) is 0 Å². The second-order valence-electron chi connectivity index (χ2n) is 4.20. The number of para-hydroxylation sites is 1. The number of fused-ring (bicyclic) bond motifs is 1. The molecular formula is C14H10BrNO3. The molecule has 0 amide bonds. The minimum atomic E-state index is -1.05. The van der Waals surface area contributed by atoms with E-state index in [2.05, 4.69) is 15.9 Å². The number of carboxylic acids is 1. The number of benzene rings is 1. The van der Waals surface area contributed by atoms with Gasteiger partial charge in [-0.3, -0.25) is 0 Å². The molecule has 5 heteroatoms. The van der Waals surface area contributed by atoms with Crippen molar-refractivity contribution < 1.29 is 14.3 Å². The monoisotopic (exact) mass is 319 g/mol. The molecule has 0 aliphatic carbocycles. The van der Waals surface area contributed by atoms with E-state index in [4.69, 9.17) is 9.52 Å². The van der Waals surface area contributed by atoms with Crippen molar-refractivity contribution in [3.05, 3.63) is 58.6 Å². The summed E-state index contributed by atoms with van der Waals surface area (Å²) in [5.41, 5.74) is 1.70. The van der Waals surface area contributed by atoms with Gasteiger partial charge in [0, 0.05) is 27.1 Å². The Kier molecular flexibility index (Phi) is 2.91. The largest absolute Gasteiger partial charge is 0.475 e. The van der Waals surface area contributed by atoms with Gasteiger partial charge in [0.2, 0.25) is 5.76 Å². The molecule has 19 heavy (non-hydrogen) atoms. The number of hydrogen-bond acceptors (Lipinski definition) is 2. The maximum Gasteiger partial charge on any atom is 0.372 e. The fourth-order valence-corrected chi connectivity index (χ4v) is 2.75. The van der Waals surface area contributed by atoms with Crippen LogP contribution >= 0.6 is 15.9 Å². The van der Waals surface area contributed by atoms with E-state index in [-0.39, 0.29) is 5.76 Å². The number of aromatic nitrogens is 1. The van der Waals surface area contributed by atoms with Crippen LogP contribution in [0.2, 0.25) is 0 Å². The summed E-state index contributed by atoms with van der Waals surface area (Å²) in [4.78, 5) is 11.0. The molecule has 96 valence electrons. The summed E-state index contributed by atoms with van der Waals surface area (Å²) in [5, 5.41) is 10.1. The summed E-state index contributed by atoms with van der Waals surface area (Å²) in [5.74, 6) is -1.05. The average Bonchev–Trinajstić information content (AvgIpc) is 2.97. The molecule has 0 aliphatic rings. The number of rotatable bonds is 3.